The molecule has 18 heavy (non-hydrogen) atoms. The number of hydrogen-bond donors (Lipinski definition) is 1. The van der Waals surface area contributed by atoms with Crippen molar-refractivity contribution in [3.63, 3.8) is 0 Å². The van der Waals surface area contributed by atoms with Gasteiger partial charge in [-0.1, -0.05) is 29.3 Å². The lowest BCUT2D eigenvalue weighted by atomic mass is 10.2. The fraction of sp³-hybridized carbons (Fsp3) is 0.182. The molecular formula is C11H10Cl2N4O. The molecule has 1 aromatic heterocycles. The number of rotatable bonds is 4. The van der Waals surface area contributed by atoms with Gasteiger partial charge in [0.05, 0.1) is 0 Å². The monoisotopic (exact) mass is 284 g/mol. The standard InChI is InChI=1S/C11H10Cl2N4O/c12-9-2-1-8(10(13)3-9)4-15-11(18)5-17-7-14-6-16-17/h1-3,6-7H,4-5H2,(H,15,18). The number of halogens is 2. The summed E-state index contributed by atoms with van der Waals surface area (Å²) in [5.41, 5.74) is 0.813. The van der Waals surface area contributed by atoms with Crippen molar-refractivity contribution in [2.75, 3.05) is 0 Å². The summed E-state index contributed by atoms with van der Waals surface area (Å²) in [6.07, 6.45) is 2.86. The van der Waals surface area contributed by atoms with Crippen LogP contribution < -0.4 is 5.32 Å². The molecule has 0 aliphatic rings. The van der Waals surface area contributed by atoms with Crippen molar-refractivity contribution in [2.24, 2.45) is 0 Å². The molecule has 1 N–H and O–H groups in total. The number of hydrogen-bond acceptors (Lipinski definition) is 3. The molecule has 0 bridgehead atoms. The van der Waals surface area contributed by atoms with E-state index in [0.717, 1.165) is 5.56 Å². The van der Waals surface area contributed by atoms with Gasteiger partial charge < -0.3 is 5.32 Å². The third kappa shape index (κ3) is 3.45. The molecule has 0 unspecified atom stereocenters. The van der Waals surface area contributed by atoms with E-state index in [1.807, 2.05) is 0 Å². The van der Waals surface area contributed by atoms with Crippen molar-refractivity contribution in [1.82, 2.24) is 20.1 Å². The number of carbonyl (C=O) groups is 1. The van der Waals surface area contributed by atoms with Crippen LogP contribution in [0.1, 0.15) is 5.56 Å². The van der Waals surface area contributed by atoms with Gasteiger partial charge in [-0.15, -0.1) is 0 Å². The van der Waals surface area contributed by atoms with Crippen molar-refractivity contribution in [2.45, 2.75) is 13.1 Å². The van der Waals surface area contributed by atoms with Crippen LogP contribution in [0.3, 0.4) is 0 Å². The van der Waals surface area contributed by atoms with E-state index in [1.165, 1.54) is 17.3 Å². The highest BCUT2D eigenvalue weighted by Crippen LogP contribution is 2.20. The van der Waals surface area contributed by atoms with E-state index in [2.05, 4.69) is 15.4 Å². The second-order valence-electron chi connectivity index (χ2n) is 3.61. The molecule has 0 aliphatic heterocycles. The highest BCUT2D eigenvalue weighted by Gasteiger charge is 2.05. The number of benzene rings is 1. The van der Waals surface area contributed by atoms with Crippen molar-refractivity contribution >= 4 is 29.1 Å². The molecule has 0 aliphatic carbocycles. The Morgan fingerprint density at radius 2 is 2.22 bits per heavy atom. The molecule has 2 rings (SSSR count). The lowest BCUT2D eigenvalue weighted by molar-refractivity contribution is -0.122. The summed E-state index contributed by atoms with van der Waals surface area (Å²) >= 11 is 11.8. The summed E-state index contributed by atoms with van der Waals surface area (Å²) in [5, 5.41) is 7.68. The van der Waals surface area contributed by atoms with Crippen LogP contribution in [-0.2, 0) is 17.9 Å². The predicted molar refractivity (Wildman–Crippen MR) is 68.3 cm³/mol. The quantitative estimate of drug-likeness (QED) is 0.933. The van der Waals surface area contributed by atoms with Crippen LogP contribution in [0.25, 0.3) is 0 Å². The molecular weight excluding hydrogens is 275 g/mol. The molecule has 0 atom stereocenters. The first-order chi connectivity index (χ1) is 8.65. The second kappa shape index (κ2) is 5.84. The van der Waals surface area contributed by atoms with Crippen LogP contribution in [0.5, 0.6) is 0 Å². The van der Waals surface area contributed by atoms with E-state index in [9.17, 15) is 4.79 Å². The summed E-state index contributed by atoms with van der Waals surface area (Å²) in [4.78, 5) is 15.3. The Bertz CT molecular complexity index is 542. The van der Waals surface area contributed by atoms with Crippen LogP contribution in [0, 0.1) is 0 Å². The number of carbonyl (C=O) groups excluding carboxylic acids is 1. The number of amides is 1. The predicted octanol–water partition coefficient (Wildman–Crippen LogP) is 1.90. The molecule has 0 spiro atoms. The molecule has 94 valence electrons. The normalized spacial score (nSPS) is 10.3. The van der Waals surface area contributed by atoms with E-state index in [4.69, 9.17) is 23.2 Å². The van der Waals surface area contributed by atoms with E-state index in [0.29, 0.717) is 16.6 Å². The largest absolute Gasteiger partial charge is 0.350 e. The van der Waals surface area contributed by atoms with E-state index < -0.39 is 0 Å². The van der Waals surface area contributed by atoms with Gasteiger partial charge in [0.25, 0.3) is 0 Å². The van der Waals surface area contributed by atoms with Gasteiger partial charge in [-0.05, 0) is 17.7 Å². The molecule has 1 heterocycles. The van der Waals surface area contributed by atoms with Crippen LogP contribution in [0.15, 0.2) is 30.9 Å². The van der Waals surface area contributed by atoms with Crippen molar-refractivity contribution in [3.8, 4) is 0 Å². The second-order valence-corrected chi connectivity index (χ2v) is 4.45. The van der Waals surface area contributed by atoms with Gasteiger partial charge in [-0.2, -0.15) is 5.10 Å². The molecule has 2 aromatic rings. The minimum Gasteiger partial charge on any atom is -0.350 e. The van der Waals surface area contributed by atoms with Crippen LogP contribution >= 0.6 is 23.2 Å². The van der Waals surface area contributed by atoms with E-state index in [-0.39, 0.29) is 12.5 Å². The average molecular weight is 285 g/mol. The van der Waals surface area contributed by atoms with Crippen molar-refractivity contribution < 1.29 is 4.79 Å². The minimum absolute atomic E-state index is 0.130. The molecule has 5 nitrogen and oxygen atoms in total. The number of nitrogens with zero attached hydrogens (tertiary/aromatic N) is 3. The molecule has 0 fully saturated rings. The maximum absolute atomic E-state index is 11.6. The molecule has 1 amide bonds. The Kier molecular flexibility index (Phi) is 4.17. The Labute approximate surface area is 114 Å². The zero-order valence-electron chi connectivity index (χ0n) is 9.31. The highest BCUT2D eigenvalue weighted by molar-refractivity contribution is 6.35. The topological polar surface area (TPSA) is 59.8 Å². The fourth-order valence-corrected chi connectivity index (χ4v) is 1.85. The summed E-state index contributed by atoms with van der Waals surface area (Å²) < 4.78 is 1.44. The number of nitrogens with one attached hydrogen (secondary N) is 1. The Balaban J connectivity index is 1.89. The summed E-state index contributed by atoms with van der Waals surface area (Å²) in [5.74, 6) is -0.161. The smallest absolute Gasteiger partial charge is 0.242 e. The highest BCUT2D eigenvalue weighted by atomic mass is 35.5. The first kappa shape index (κ1) is 12.9. The summed E-state index contributed by atoms with van der Waals surface area (Å²) in [7, 11) is 0. The SMILES string of the molecule is O=C(Cn1cncn1)NCc1ccc(Cl)cc1Cl. The molecule has 7 heteroatoms. The van der Waals surface area contributed by atoms with Crippen LogP contribution in [-0.4, -0.2) is 20.7 Å². The Morgan fingerprint density at radius 1 is 1.39 bits per heavy atom. The molecule has 0 radical (unpaired) electrons. The van der Waals surface area contributed by atoms with Gasteiger partial charge in [0, 0.05) is 16.6 Å². The first-order valence-electron chi connectivity index (χ1n) is 5.18. The van der Waals surface area contributed by atoms with Gasteiger partial charge in [0.1, 0.15) is 19.2 Å². The van der Waals surface area contributed by atoms with E-state index >= 15 is 0 Å². The third-order valence-corrected chi connectivity index (χ3v) is 2.85. The maximum Gasteiger partial charge on any atom is 0.242 e. The van der Waals surface area contributed by atoms with Crippen LogP contribution in [0.2, 0.25) is 10.0 Å². The van der Waals surface area contributed by atoms with Crippen LogP contribution in [0.4, 0.5) is 0 Å². The summed E-state index contributed by atoms with van der Waals surface area (Å²) in [6, 6.07) is 5.15. The van der Waals surface area contributed by atoms with E-state index in [1.54, 1.807) is 18.2 Å². The Morgan fingerprint density at radius 3 is 2.89 bits per heavy atom. The number of aromatic nitrogens is 3. The Hall–Kier alpha value is -1.59. The van der Waals surface area contributed by atoms with Gasteiger partial charge in [0.2, 0.25) is 5.91 Å². The van der Waals surface area contributed by atoms with Gasteiger partial charge in [-0.3, -0.25) is 4.79 Å². The maximum atomic E-state index is 11.6. The fourth-order valence-electron chi connectivity index (χ4n) is 1.38. The molecule has 0 saturated heterocycles. The van der Waals surface area contributed by atoms with Gasteiger partial charge >= 0.3 is 0 Å². The average Bonchev–Trinajstić information content (AvgIpc) is 2.80. The zero-order chi connectivity index (χ0) is 13.0. The lowest BCUT2D eigenvalue weighted by Gasteiger charge is -2.07. The van der Waals surface area contributed by atoms with Crippen molar-refractivity contribution in [1.29, 1.82) is 0 Å². The van der Waals surface area contributed by atoms with Gasteiger partial charge in [-0.25, -0.2) is 9.67 Å². The lowest BCUT2D eigenvalue weighted by Crippen LogP contribution is -2.27. The molecule has 0 saturated carbocycles. The van der Waals surface area contributed by atoms with Gasteiger partial charge in [0.15, 0.2) is 0 Å². The minimum atomic E-state index is -0.161. The first-order valence-corrected chi connectivity index (χ1v) is 5.94. The third-order valence-electron chi connectivity index (χ3n) is 2.26. The molecule has 1 aromatic carbocycles. The summed E-state index contributed by atoms with van der Waals surface area (Å²) in [6.45, 7) is 0.481. The van der Waals surface area contributed by atoms with Crippen molar-refractivity contribution in [3.05, 3.63) is 46.5 Å². The zero-order valence-corrected chi connectivity index (χ0v) is 10.8.